The lowest BCUT2D eigenvalue weighted by Gasteiger charge is -2.33. The van der Waals surface area contributed by atoms with Crippen molar-refractivity contribution < 1.29 is 22.7 Å². The van der Waals surface area contributed by atoms with Gasteiger partial charge in [-0.15, -0.1) is 11.3 Å². The molecule has 2 aromatic carbocycles. The van der Waals surface area contributed by atoms with E-state index in [9.17, 15) is 13.2 Å². The normalized spacial score (nSPS) is 17.8. The molecule has 0 bridgehead atoms. The molecule has 3 heterocycles. The van der Waals surface area contributed by atoms with Crippen LogP contribution in [0.4, 0.5) is 0 Å². The van der Waals surface area contributed by atoms with Crippen molar-refractivity contribution in [3.05, 3.63) is 88.3 Å². The smallest absolute Gasteiger partial charge is 0.337 e. The maximum absolute atomic E-state index is 12.8. The van der Waals surface area contributed by atoms with Gasteiger partial charge in [-0.1, -0.05) is 36.4 Å². The first-order valence-electron chi connectivity index (χ1n) is 11.4. The number of carbonyl (C=O) groups is 1. The molecule has 0 atom stereocenters. The molecular weight excluding hydrogens is 484 g/mol. The molecule has 5 rings (SSSR count). The third kappa shape index (κ3) is 4.77. The number of piperazine rings is 1. The summed E-state index contributed by atoms with van der Waals surface area (Å²) in [6.07, 6.45) is 2.15. The molecule has 0 amide bonds. The Bertz CT molecular complexity index is 1360. The van der Waals surface area contributed by atoms with Gasteiger partial charge in [-0.05, 0) is 46.3 Å². The van der Waals surface area contributed by atoms with Gasteiger partial charge in [0.25, 0.3) is 10.0 Å². The van der Waals surface area contributed by atoms with Gasteiger partial charge in [0.15, 0.2) is 0 Å². The van der Waals surface area contributed by atoms with Gasteiger partial charge in [0, 0.05) is 38.3 Å². The van der Waals surface area contributed by atoms with Crippen LogP contribution in [0.15, 0.2) is 70.3 Å². The number of esters is 1. The Labute approximate surface area is 209 Å². The summed E-state index contributed by atoms with van der Waals surface area (Å²) < 4.78 is 38.6. The summed E-state index contributed by atoms with van der Waals surface area (Å²) in [6.45, 7) is 3.28. The van der Waals surface area contributed by atoms with E-state index in [0.717, 1.165) is 22.3 Å². The molecule has 1 saturated heterocycles. The van der Waals surface area contributed by atoms with E-state index >= 15 is 0 Å². The minimum absolute atomic E-state index is 0.390. The third-order valence-corrected chi connectivity index (χ3v) is 9.63. The van der Waals surface area contributed by atoms with E-state index in [1.54, 1.807) is 27.9 Å². The second kappa shape index (κ2) is 9.94. The van der Waals surface area contributed by atoms with E-state index < -0.39 is 16.0 Å². The molecule has 3 aromatic rings. The van der Waals surface area contributed by atoms with Gasteiger partial charge in [-0.25, -0.2) is 13.2 Å². The minimum Gasteiger partial charge on any atom is -0.488 e. The SMILES string of the molecule is COC(=O)c1ccc2c(c1)/C(=C/CN1CCN(S(=O)(=O)c3cccs3)CC1)c1ccccc1CO2. The fraction of sp³-hybridized carbons (Fsp3) is 0.269. The number of fused-ring (bicyclic) bond motifs is 2. The molecule has 0 saturated carbocycles. The van der Waals surface area contributed by atoms with Gasteiger partial charge in [-0.3, -0.25) is 4.90 Å². The van der Waals surface area contributed by atoms with Crippen LogP contribution in [0.1, 0.15) is 27.0 Å². The van der Waals surface area contributed by atoms with Crippen molar-refractivity contribution in [2.75, 3.05) is 39.8 Å². The molecule has 1 fully saturated rings. The van der Waals surface area contributed by atoms with Crippen LogP contribution in [0.25, 0.3) is 5.57 Å². The topological polar surface area (TPSA) is 76.2 Å². The highest BCUT2D eigenvalue weighted by molar-refractivity contribution is 7.91. The molecule has 35 heavy (non-hydrogen) atoms. The van der Waals surface area contributed by atoms with E-state index in [0.29, 0.717) is 54.9 Å². The van der Waals surface area contributed by atoms with Crippen molar-refractivity contribution in [2.45, 2.75) is 10.8 Å². The molecule has 182 valence electrons. The molecule has 9 heteroatoms. The van der Waals surface area contributed by atoms with Gasteiger partial charge in [0.05, 0.1) is 12.7 Å². The standard InChI is InChI=1S/C26H26N2O5S2/c1-32-26(29)19-8-9-24-23(17-19)22(21-6-3-2-5-20(21)18-33-24)10-11-27-12-14-28(15-13-27)35(30,31)25-7-4-16-34-25/h2-10,16-17H,11-15,18H2,1H3/b22-10+. The average Bonchev–Trinajstić information content (AvgIpc) is 3.39. The number of ether oxygens (including phenoxy) is 2. The van der Waals surface area contributed by atoms with Crippen molar-refractivity contribution in [1.29, 1.82) is 0 Å². The second-order valence-electron chi connectivity index (χ2n) is 8.40. The zero-order valence-electron chi connectivity index (χ0n) is 19.3. The van der Waals surface area contributed by atoms with Crippen LogP contribution in [0, 0.1) is 0 Å². The summed E-state index contributed by atoms with van der Waals surface area (Å²) in [4.78, 5) is 14.4. The van der Waals surface area contributed by atoms with Crippen molar-refractivity contribution in [1.82, 2.24) is 9.21 Å². The highest BCUT2D eigenvalue weighted by Gasteiger charge is 2.29. The van der Waals surface area contributed by atoms with E-state index in [-0.39, 0.29) is 0 Å². The Morgan fingerprint density at radius 2 is 1.86 bits per heavy atom. The van der Waals surface area contributed by atoms with E-state index in [1.165, 1.54) is 18.4 Å². The van der Waals surface area contributed by atoms with Crippen LogP contribution in [0.2, 0.25) is 0 Å². The predicted molar refractivity (Wildman–Crippen MR) is 135 cm³/mol. The van der Waals surface area contributed by atoms with Crippen molar-refractivity contribution in [3.8, 4) is 5.75 Å². The van der Waals surface area contributed by atoms with Gasteiger partial charge >= 0.3 is 5.97 Å². The molecule has 2 aliphatic rings. The zero-order chi connectivity index (χ0) is 24.4. The Hall–Kier alpha value is -2.98. The molecule has 0 N–H and O–H groups in total. The lowest BCUT2D eigenvalue weighted by Crippen LogP contribution is -2.48. The van der Waals surface area contributed by atoms with Gasteiger partial charge in [0.1, 0.15) is 16.6 Å². The number of thiophene rings is 1. The van der Waals surface area contributed by atoms with Gasteiger partial charge in [0.2, 0.25) is 0 Å². The van der Waals surface area contributed by atoms with Crippen LogP contribution in [-0.2, 0) is 21.4 Å². The van der Waals surface area contributed by atoms with Gasteiger partial charge in [-0.2, -0.15) is 4.31 Å². The lowest BCUT2D eigenvalue weighted by atomic mass is 9.93. The largest absolute Gasteiger partial charge is 0.488 e. The van der Waals surface area contributed by atoms with Crippen LogP contribution in [0.3, 0.4) is 0 Å². The third-order valence-electron chi connectivity index (χ3n) is 6.36. The maximum atomic E-state index is 12.8. The minimum atomic E-state index is -3.43. The molecular formula is C26H26N2O5S2. The van der Waals surface area contributed by atoms with E-state index in [2.05, 4.69) is 17.0 Å². The van der Waals surface area contributed by atoms with E-state index in [4.69, 9.17) is 9.47 Å². The predicted octanol–water partition coefficient (Wildman–Crippen LogP) is 3.87. The van der Waals surface area contributed by atoms with E-state index in [1.807, 2.05) is 30.3 Å². The second-order valence-corrected chi connectivity index (χ2v) is 11.5. The number of sulfonamides is 1. The highest BCUT2D eigenvalue weighted by atomic mass is 32.2. The Morgan fingerprint density at radius 3 is 2.60 bits per heavy atom. The fourth-order valence-corrected chi connectivity index (χ4v) is 7.02. The Morgan fingerprint density at radius 1 is 1.06 bits per heavy atom. The molecule has 0 spiro atoms. The zero-order valence-corrected chi connectivity index (χ0v) is 21.0. The van der Waals surface area contributed by atoms with Crippen molar-refractivity contribution >= 4 is 32.9 Å². The van der Waals surface area contributed by atoms with Crippen LogP contribution >= 0.6 is 11.3 Å². The number of methoxy groups -OCH3 is 1. The van der Waals surface area contributed by atoms with Crippen molar-refractivity contribution in [3.63, 3.8) is 0 Å². The molecule has 0 radical (unpaired) electrons. The average molecular weight is 511 g/mol. The van der Waals surface area contributed by atoms with Crippen LogP contribution in [-0.4, -0.2) is 63.4 Å². The Kier molecular flexibility index (Phi) is 6.75. The van der Waals surface area contributed by atoms with Gasteiger partial charge < -0.3 is 9.47 Å². The summed E-state index contributed by atoms with van der Waals surface area (Å²) in [7, 11) is -2.06. The number of benzene rings is 2. The quantitative estimate of drug-likeness (QED) is 0.485. The number of nitrogens with zero attached hydrogens (tertiary/aromatic N) is 2. The number of hydrogen-bond donors (Lipinski definition) is 0. The summed E-state index contributed by atoms with van der Waals surface area (Å²) in [5.41, 5.74) is 4.44. The number of rotatable bonds is 5. The maximum Gasteiger partial charge on any atom is 0.337 e. The highest BCUT2D eigenvalue weighted by Crippen LogP contribution is 2.37. The number of carbonyl (C=O) groups excluding carboxylic acids is 1. The fourth-order valence-electron chi connectivity index (χ4n) is 4.45. The lowest BCUT2D eigenvalue weighted by molar-refractivity contribution is 0.0600. The Balaban J connectivity index is 1.40. The number of hydrogen-bond acceptors (Lipinski definition) is 7. The first-order valence-corrected chi connectivity index (χ1v) is 13.7. The molecule has 0 unspecified atom stereocenters. The molecule has 1 aromatic heterocycles. The monoisotopic (exact) mass is 510 g/mol. The molecule has 0 aliphatic carbocycles. The first-order chi connectivity index (χ1) is 17.0. The molecule has 7 nitrogen and oxygen atoms in total. The summed E-state index contributed by atoms with van der Waals surface area (Å²) in [5, 5.41) is 1.78. The summed E-state index contributed by atoms with van der Waals surface area (Å²) >= 11 is 1.25. The summed E-state index contributed by atoms with van der Waals surface area (Å²) in [5.74, 6) is 0.319. The molecule has 2 aliphatic heterocycles. The van der Waals surface area contributed by atoms with Crippen LogP contribution in [0.5, 0.6) is 5.75 Å². The summed E-state index contributed by atoms with van der Waals surface area (Å²) in [6, 6.07) is 16.9. The van der Waals surface area contributed by atoms with Crippen LogP contribution < -0.4 is 4.74 Å². The van der Waals surface area contributed by atoms with Crippen molar-refractivity contribution in [2.24, 2.45) is 0 Å². The first kappa shape index (κ1) is 23.7.